The van der Waals surface area contributed by atoms with Crippen molar-refractivity contribution in [1.82, 2.24) is 0 Å². The normalized spacial score (nSPS) is 12.1. The molecule has 1 aromatic carbocycles. The molecule has 1 atom stereocenters. The first-order chi connectivity index (χ1) is 8.74. The first-order valence-electron chi connectivity index (χ1n) is 6.28. The van der Waals surface area contributed by atoms with E-state index in [2.05, 4.69) is 0 Å². The summed E-state index contributed by atoms with van der Waals surface area (Å²) in [4.78, 5) is 11.4. The highest BCUT2D eigenvalue weighted by molar-refractivity contribution is 5.75. The molecule has 18 heavy (non-hydrogen) atoms. The first kappa shape index (κ1) is 14.7. The first-order valence-corrected chi connectivity index (χ1v) is 6.28. The van der Waals surface area contributed by atoms with Gasteiger partial charge in [0.25, 0.3) is 0 Å². The van der Waals surface area contributed by atoms with E-state index < -0.39 is 12.0 Å². The van der Waals surface area contributed by atoms with Gasteiger partial charge in [0.2, 0.25) is 0 Å². The Kier molecular flexibility index (Phi) is 7.06. The molecular weight excluding hydrogens is 230 g/mol. The van der Waals surface area contributed by atoms with Gasteiger partial charge in [-0.25, -0.2) is 0 Å². The van der Waals surface area contributed by atoms with Gasteiger partial charge in [0.15, 0.2) is 0 Å². The van der Waals surface area contributed by atoms with E-state index in [0.29, 0.717) is 13.2 Å². The fourth-order valence-corrected chi connectivity index (χ4v) is 1.37. The van der Waals surface area contributed by atoms with E-state index >= 15 is 0 Å². The molecule has 0 aliphatic heterocycles. The molecule has 100 valence electrons. The SMILES string of the molecule is CCCCOC(=O)[C@H](N)COCc1ccccc1. The van der Waals surface area contributed by atoms with Crippen molar-refractivity contribution in [2.24, 2.45) is 5.73 Å². The number of carbonyl (C=O) groups is 1. The van der Waals surface area contributed by atoms with Crippen LogP contribution in [0.2, 0.25) is 0 Å². The molecule has 4 nitrogen and oxygen atoms in total. The molecule has 4 heteroatoms. The molecule has 2 N–H and O–H groups in total. The van der Waals surface area contributed by atoms with E-state index in [1.807, 2.05) is 37.3 Å². The van der Waals surface area contributed by atoms with Gasteiger partial charge < -0.3 is 15.2 Å². The van der Waals surface area contributed by atoms with E-state index in [1.165, 1.54) is 0 Å². The molecule has 0 fully saturated rings. The van der Waals surface area contributed by atoms with Crippen LogP contribution in [0.3, 0.4) is 0 Å². The number of carbonyl (C=O) groups excluding carboxylic acids is 1. The number of esters is 1. The largest absolute Gasteiger partial charge is 0.464 e. The Labute approximate surface area is 108 Å². The molecule has 0 unspecified atom stereocenters. The monoisotopic (exact) mass is 251 g/mol. The number of rotatable bonds is 8. The maximum atomic E-state index is 11.4. The number of benzene rings is 1. The van der Waals surface area contributed by atoms with Gasteiger partial charge >= 0.3 is 5.97 Å². The van der Waals surface area contributed by atoms with Crippen molar-refractivity contribution in [3.8, 4) is 0 Å². The van der Waals surface area contributed by atoms with E-state index in [4.69, 9.17) is 15.2 Å². The molecule has 0 radical (unpaired) electrons. The summed E-state index contributed by atoms with van der Waals surface area (Å²) in [5, 5.41) is 0. The minimum absolute atomic E-state index is 0.180. The second-order valence-corrected chi connectivity index (χ2v) is 4.13. The Bertz CT molecular complexity index is 340. The van der Waals surface area contributed by atoms with Crippen molar-refractivity contribution in [2.45, 2.75) is 32.4 Å². The van der Waals surface area contributed by atoms with Gasteiger partial charge in [0.05, 0.1) is 19.8 Å². The van der Waals surface area contributed by atoms with Gasteiger partial charge in [-0.3, -0.25) is 4.79 Å². The lowest BCUT2D eigenvalue weighted by Crippen LogP contribution is -2.36. The Hall–Kier alpha value is -1.39. The maximum Gasteiger partial charge on any atom is 0.325 e. The van der Waals surface area contributed by atoms with Crippen LogP contribution in [0.1, 0.15) is 25.3 Å². The van der Waals surface area contributed by atoms with Crippen molar-refractivity contribution >= 4 is 5.97 Å². The summed E-state index contributed by atoms with van der Waals surface area (Å²) in [5.41, 5.74) is 6.72. The Balaban J connectivity index is 2.16. The lowest BCUT2D eigenvalue weighted by atomic mass is 10.2. The van der Waals surface area contributed by atoms with E-state index in [1.54, 1.807) is 0 Å². The fourth-order valence-electron chi connectivity index (χ4n) is 1.37. The summed E-state index contributed by atoms with van der Waals surface area (Å²) in [6, 6.07) is 9.05. The molecule has 0 aliphatic carbocycles. The second kappa shape index (κ2) is 8.66. The van der Waals surface area contributed by atoms with Gasteiger partial charge in [-0.1, -0.05) is 43.7 Å². The number of nitrogens with two attached hydrogens (primary N) is 1. The third-order valence-corrected chi connectivity index (χ3v) is 2.45. The van der Waals surface area contributed by atoms with E-state index in [0.717, 1.165) is 18.4 Å². The Morgan fingerprint density at radius 3 is 2.72 bits per heavy atom. The molecule has 0 saturated heterocycles. The molecule has 1 rings (SSSR count). The predicted molar refractivity (Wildman–Crippen MR) is 69.9 cm³/mol. The summed E-state index contributed by atoms with van der Waals surface area (Å²) in [7, 11) is 0. The number of unbranched alkanes of at least 4 members (excludes halogenated alkanes) is 1. The standard InChI is InChI=1S/C14H21NO3/c1-2-3-9-18-14(16)13(15)11-17-10-12-7-5-4-6-8-12/h4-8,13H,2-3,9-11,15H2,1H3/t13-/m1/s1. The minimum Gasteiger partial charge on any atom is -0.464 e. The highest BCUT2D eigenvalue weighted by Crippen LogP contribution is 2.01. The summed E-state index contributed by atoms with van der Waals surface area (Å²) < 4.78 is 10.4. The van der Waals surface area contributed by atoms with Gasteiger partial charge in [-0.2, -0.15) is 0 Å². The summed E-state index contributed by atoms with van der Waals surface area (Å²) in [6.07, 6.45) is 1.86. The average Bonchev–Trinajstić information content (AvgIpc) is 2.40. The van der Waals surface area contributed by atoms with E-state index in [-0.39, 0.29) is 6.61 Å². The smallest absolute Gasteiger partial charge is 0.325 e. The van der Waals surface area contributed by atoms with Crippen LogP contribution in [-0.2, 0) is 20.9 Å². The zero-order valence-corrected chi connectivity index (χ0v) is 10.8. The van der Waals surface area contributed by atoms with Crippen LogP contribution in [0.5, 0.6) is 0 Å². The quantitative estimate of drug-likeness (QED) is 0.566. The molecule has 0 aromatic heterocycles. The number of hydrogen-bond acceptors (Lipinski definition) is 4. The lowest BCUT2D eigenvalue weighted by molar-refractivity contribution is -0.146. The minimum atomic E-state index is -0.703. The second-order valence-electron chi connectivity index (χ2n) is 4.13. The Morgan fingerprint density at radius 1 is 1.33 bits per heavy atom. The van der Waals surface area contributed by atoms with Crippen molar-refractivity contribution in [2.75, 3.05) is 13.2 Å². The van der Waals surface area contributed by atoms with Gasteiger partial charge in [-0.05, 0) is 12.0 Å². The van der Waals surface area contributed by atoms with Crippen LogP contribution in [0.15, 0.2) is 30.3 Å². The molecular formula is C14H21NO3. The predicted octanol–water partition coefficient (Wildman–Crippen LogP) is 1.87. The van der Waals surface area contributed by atoms with Crippen LogP contribution in [-0.4, -0.2) is 25.2 Å². The number of hydrogen-bond donors (Lipinski definition) is 1. The van der Waals surface area contributed by atoms with Crippen LogP contribution < -0.4 is 5.73 Å². The summed E-state index contributed by atoms with van der Waals surface area (Å²) >= 11 is 0. The third-order valence-electron chi connectivity index (χ3n) is 2.45. The van der Waals surface area contributed by atoms with Crippen molar-refractivity contribution in [1.29, 1.82) is 0 Å². The molecule has 1 aromatic rings. The lowest BCUT2D eigenvalue weighted by Gasteiger charge is -2.11. The van der Waals surface area contributed by atoms with Crippen molar-refractivity contribution in [3.63, 3.8) is 0 Å². The molecule has 0 saturated carbocycles. The van der Waals surface area contributed by atoms with Gasteiger partial charge in [0.1, 0.15) is 6.04 Å². The van der Waals surface area contributed by atoms with Gasteiger partial charge in [-0.15, -0.1) is 0 Å². The highest BCUT2D eigenvalue weighted by atomic mass is 16.5. The van der Waals surface area contributed by atoms with Crippen LogP contribution in [0.25, 0.3) is 0 Å². The van der Waals surface area contributed by atoms with Gasteiger partial charge in [0, 0.05) is 0 Å². The maximum absolute atomic E-state index is 11.4. The zero-order valence-electron chi connectivity index (χ0n) is 10.8. The number of ether oxygens (including phenoxy) is 2. The topological polar surface area (TPSA) is 61.5 Å². The van der Waals surface area contributed by atoms with Crippen LogP contribution in [0, 0.1) is 0 Å². The highest BCUT2D eigenvalue weighted by Gasteiger charge is 2.14. The van der Waals surface area contributed by atoms with E-state index in [9.17, 15) is 4.79 Å². The average molecular weight is 251 g/mol. The van der Waals surface area contributed by atoms with Crippen molar-refractivity contribution in [3.05, 3.63) is 35.9 Å². The van der Waals surface area contributed by atoms with Crippen molar-refractivity contribution < 1.29 is 14.3 Å². The fraction of sp³-hybridized carbons (Fsp3) is 0.500. The molecule has 0 bridgehead atoms. The third kappa shape index (κ3) is 5.80. The van der Waals surface area contributed by atoms with Crippen LogP contribution in [0.4, 0.5) is 0 Å². The summed E-state index contributed by atoms with van der Waals surface area (Å²) in [6.45, 7) is 3.11. The molecule has 0 aliphatic rings. The van der Waals surface area contributed by atoms with Crippen LogP contribution >= 0.6 is 0 Å². The summed E-state index contributed by atoms with van der Waals surface area (Å²) in [5.74, 6) is -0.392. The molecule has 0 heterocycles. The molecule has 0 spiro atoms. The zero-order chi connectivity index (χ0) is 13.2. The molecule has 0 amide bonds. The Morgan fingerprint density at radius 2 is 2.06 bits per heavy atom.